The molecule has 0 saturated heterocycles. The van der Waals surface area contributed by atoms with E-state index in [1.54, 1.807) is 18.2 Å². The van der Waals surface area contributed by atoms with Gasteiger partial charge >= 0.3 is 0 Å². The van der Waals surface area contributed by atoms with Gasteiger partial charge < -0.3 is 9.38 Å². The Bertz CT molecular complexity index is 862. The molecule has 0 atom stereocenters. The largest absolute Gasteiger partial charge is 0.366 e. The Hall–Kier alpha value is -2.42. The second-order valence-electron chi connectivity index (χ2n) is 7.54. The van der Waals surface area contributed by atoms with Crippen LogP contribution >= 0.6 is 11.6 Å². The average molecular weight is 385 g/mol. The van der Waals surface area contributed by atoms with Crippen LogP contribution in [-0.4, -0.2) is 45.3 Å². The number of anilines is 1. The molecule has 0 N–H and O–H groups in total. The summed E-state index contributed by atoms with van der Waals surface area (Å²) in [5, 5.41) is 18.3. The second kappa shape index (κ2) is 8.98. The van der Waals surface area contributed by atoms with Crippen LogP contribution in [0.15, 0.2) is 46.6 Å². The van der Waals surface area contributed by atoms with Crippen LogP contribution in [0.25, 0.3) is 0 Å². The van der Waals surface area contributed by atoms with E-state index in [4.69, 9.17) is 11.6 Å². The minimum atomic E-state index is 0.454. The van der Waals surface area contributed by atoms with Crippen LogP contribution in [-0.2, 0) is 0 Å². The number of azo groups is 1. The Balaban J connectivity index is 2.21. The van der Waals surface area contributed by atoms with Crippen LogP contribution < -0.4 is 4.90 Å². The van der Waals surface area contributed by atoms with E-state index in [0.717, 1.165) is 35.4 Å². The first-order valence-corrected chi connectivity index (χ1v) is 9.38. The third-order valence-corrected chi connectivity index (χ3v) is 4.55. The van der Waals surface area contributed by atoms with Gasteiger partial charge in [-0.3, -0.25) is 0 Å². The Morgan fingerprint density at radius 1 is 1.07 bits per heavy atom. The molecule has 0 aliphatic heterocycles. The molecule has 0 aromatic heterocycles. The monoisotopic (exact) mass is 384 g/mol. The molecular weight excluding hydrogens is 358 g/mol. The summed E-state index contributed by atoms with van der Waals surface area (Å²) >= 11 is 6.00. The van der Waals surface area contributed by atoms with Crippen LogP contribution in [0, 0.1) is 18.3 Å². The standard InChI is InChI=1S/C21H27ClN5/c1-6-26(11-12-27(3,4)5)19-9-10-20(16(2)13-19)24-25-21-14-18(22)8-7-17(21)15-23/h7-10,13-14H,6,11-12H2,1-5H3/q+1. The third-order valence-electron chi connectivity index (χ3n) is 4.31. The zero-order chi connectivity index (χ0) is 20.0. The highest BCUT2D eigenvalue weighted by molar-refractivity contribution is 6.30. The zero-order valence-corrected chi connectivity index (χ0v) is 17.5. The molecule has 0 bridgehead atoms. The smallest absolute Gasteiger partial charge is 0.105 e. The molecule has 0 radical (unpaired) electrons. The fourth-order valence-corrected chi connectivity index (χ4v) is 2.80. The number of quaternary nitrogens is 1. The maximum absolute atomic E-state index is 9.19. The van der Waals surface area contributed by atoms with E-state index < -0.39 is 0 Å². The summed E-state index contributed by atoms with van der Waals surface area (Å²) in [4.78, 5) is 2.36. The highest BCUT2D eigenvalue weighted by Crippen LogP contribution is 2.29. The molecule has 0 aliphatic carbocycles. The lowest BCUT2D eigenvalue weighted by Gasteiger charge is -2.29. The molecule has 0 amide bonds. The third kappa shape index (κ3) is 6.06. The summed E-state index contributed by atoms with van der Waals surface area (Å²) in [6, 6.07) is 13.3. The summed E-state index contributed by atoms with van der Waals surface area (Å²) < 4.78 is 0.933. The van der Waals surface area contributed by atoms with Crippen LogP contribution in [0.4, 0.5) is 17.1 Å². The number of nitriles is 1. The molecule has 2 aromatic carbocycles. The molecule has 2 rings (SSSR count). The van der Waals surface area contributed by atoms with Crippen molar-refractivity contribution in [1.82, 2.24) is 0 Å². The van der Waals surface area contributed by atoms with Crippen molar-refractivity contribution in [2.24, 2.45) is 10.2 Å². The van der Waals surface area contributed by atoms with E-state index in [1.807, 2.05) is 13.0 Å². The quantitative estimate of drug-likeness (QED) is 0.469. The van der Waals surface area contributed by atoms with Crippen molar-refractivity contribution < 1.29 is 4.48 Å². The van der Waals surface area contributed by atoms with Gasteiger partial charge in [0, 0.05) is 17.3 Å². The van der Waals surface area contributed by atoms with Gasteiger partial charge in [-0.15, -0.1) is 5.11 Å². The van der Waals surface area contributed by atoms with Gasteiger partial charge in [-0.25, -0.2) is 0 Å². The van der Waals surface area contributed by atoms with Crippen LogP contribution in [0.3, 0.4) is 0 Å². The van der Waals surface area contributed by atoms with E-state index in [9.17, 15) is 5.26 Å². The van der Waals surface area contributed by atoms with Gasteiger partial charge in [0.1, 0.15) is 11.8 Å². The van der Waals surface area contributed by atoms with Crippen molar-refractivity contribution in [3.8, 4) is 6.07 Å². The number of hydrogen-bond donors (Lipinski definition) is 0. The fraction of sp³-hybridized carbons (Fsp3) is 0.381. The second-order valence-corrected chi connectivity index (χ2v) is 7.97. The summed E-state index contributed by atoms with van der Waals surface area (Å²) in [6.45, 7) is 7.21. The summed E-state index contributed by atoms with van der Waals surface area (Å²) in [5.74, 6) is 0. The molecule has 0 fully saturated rings. The number of likely N-dealkylation sites (N-methyl/N-ethyl adjacent to an activating group) is 2. The molecule has 142 valence electrons. The lowest BCUT2D eigenvalue weighted by molar-refractivity contribution is -0.868. The van der Waals surface area contributed by atoms with Crippen molar-refractivity contribution in [1.29, 1.82) is 5.26 Å². The van der Waals surface area contributed by atoms with Crippen LogP contribution in [0.5, 0.6) is 0 Å². The van der Waals surface area contributed by atoms with E-state index in [1.165, 1.54) is 5.69 Å². The molecule has 5 nitrogen and oxygen atoms in total. The maximum atomic E-state index is 9.19. The van der Waals surface area contributed by atoms with Crippen molar-refractivity contribution >= 4 is 28.7 Å². The predicted octanol–water partition coefficient (Wildman–Crippen LogP) is 5.47. The summed E-state index contributed by atoms with van der Waals surface area (Å²) in [6.07, 6.45) is 0. The van der Waals surface area contributed by atoms with Crippen molar-refractivity contribution in [3.63, 3.8) is 0 Å². The molecule has 0 spiro atoms. The number of benzene rings is 2. The first-order valence-electron chi connectivity index (χ1n) is 9.01. The van der Waals surface area contributed by atoms with Gasteiger partial charge in [-0.2, -0.15) is 10.4 Å². The number of rotatable bonds is 7. The van der Waals surface area contributed by atoms with Crippen molar-refractivity contribution in [2.45, 2.75) is 13.8 Å². The molecule has 2 aromatic rings. The minimum absolute atomic E-state index is 0.454. The van der Waals surface area contributed by atoms with E-state index in [2.05, 4.69) is 61.4 Å². The topological polar surface area (TPSA) is 51.8 Å². The van der Waals surface area contributed by atoms with Crippen LogP contribution in [0.2, 0.25) is 5.02 Å². The Kier molecular flexibility index (Phi) is 6.95. The van der Waals surface area contributed by atoms with E-state index >= 15 is 0 Å². The molecule has 27 heavy (non-hydrogen) atoms. The number of hydrogen-bond acceptors (Lipinski definition) is 4. The molecule has 6 heteroatoms. The molecule has 0 unspecified atom stereocenters. The Morgan fingerprint density at radius 2 is 1.78 bits per heavy atom. The van der Waals surface area contributed by atoms with Crippen molar-refractivity contribution in [3.05, 3.63) is 52.5 Å². The van der Waals surface area contributed by atoms with Gasteiger partial charge in [-0.1, -0.05) is 11.6 Å². The maximum Gasteiger partial charge on any atom is 0.105 e. The summed E-state index contributed by atoms with van der Waals surface area (Å²) in [7, 11) is 6.61. The molecular formula is C21H27ClN5+. The average Bonchev–Trinajstić information content (AvgIpc) is 2.60. The Labute approximate surface area is 167 Å². The molecule has 0 saturated carbocycles. The fourth-order valence-electron chi connectivity index (χ4n) is 2.63. The first kappa shape index (κ1) is 20.9. The van der Waals surface area contributed by atoms with E-state index in [-0.39, 0.29) is 0 Å². The van der Waals surface area contributed by atoms with Gasteiger partial charge in [0.05, 0.1) is 45.5 Å². The van der Waals surface area contributed by atoms with Gasteiger partial charge in [0.15, 0.2) is 0 Å². The number of halogens is 1. The lowest BCUT2D eigenvalue weighted by atomic mass is 10.1. The lowest BCUT2D eigenvalue weighted by Crippen LogP contribution is -2.42. The molecule has 0 aliphatic rings. The van der Waals surface area contributed by atoms with Gasteiger partial charge in [0.25, 0.3) is 0 Å². The minimum Gasteiger partial charge on any atom is -0.366 e. The number of aryl methyl sites for hydroxylation is 1. The SMILES string of the molecule is CCN(CC[N+](C)(C)C)c1ccc(N=Nc2cc(Cl)ccc2C#N)c(C)c1. The predicted molar refractivity (Wildman–Crippen MR) is 112 cm³/mol. The van der Waals surface area contributed by atoms with Crippen molar-refractivity contribution in [2.75, 3.05) is 45.7 Å². The van der Waals surface area contributed by atoms with Gasteiger partial charge in [-0.05, 0) is 55.8 Å². The molecule has 0 heterocycles. The van der Waals surface area contributed by atoms with Crippen LogP contribution in [0.1, 0.15) is 18.1 Å². The summed E-state index contributed by atoms with van der Waals surface area (Å²) in [5.41, 5.74) is 3.94. The Morgan fingerprint density at radius 3 is 2.37 bits per heavy atom. The first-order chi connectivity index (χ1) is 12.7. The highest BCUT2D eigenvalue weighted by atomic mass is 35.5. The normalized spacial score (nSPS) is 11.6. The number of nitrogens with zero attached hydrogens (tertiary/aromatic N) is 5. The van der Waals surface area contributed by atoms with Gasteiger partial charge in [0.2, 0.25) is 0 Å². The van der Waals surface area contributed by atoms with E-state index in [0.29, 0.717) is 16.3 Å². The zero-order valence-electron chi connectivity index (χ0n) is 16.7. The highest BCUT2D eigenvalue weighted by Gasteiger charge is 2.12.